The minimum Gasteiger partial charge on any atom is -0.384 e. The number of hydrogen-bond acceptors (Lipinski definition) is 7. The highest BCUT2D eigenvalue weighted by molar-refractivity contribution is 5.95. The summed E-state index contributed by atoms with van der Waals surface area (Å²) in [6.07, 6.45) is 6.03. The first-order chi connectivity index (χ1) is 18.9. The summed E-state index contributed by atoms with van der Waals surface area (Å²) in [5.41, 5.74) is 8.92. The molecule has 2 fully saturated rings. The van der Waals surface area contributed by atoms with Crippen LogP contribution in [0.25, 0.3) is 11.3 Å². The maximum absolute atomic E-state index is 15.4. The Bertz CT molecular complexity index is 1380. The van der Waals surface area contributed by atoms with Crippen LogP contribution < -0.4 is 5.73 Å². The Morgan fingerprint density at radius 2 is 1.79 bits per heavy atom. The van der Waals surface area contributed by atoms with Gasteiger partial charge in [-0.2, -0.15) is 0 Å². The molecule has 8 nitrogen and oxygen atoms in total. The van der Waals surface area contributed by atoms with Crippen molar-refractivity contribution in [1.29, 1.82) is 0 Å². The third-order valence-corrected chi connectivity index (χ3v) is 7.66. The second kappa shape index (κ2) is 11.9. The Labute approximate surface area is 229 Å². The Kier molecular flexibility index (Phi) is 8.15. The highest BCUT2D eigenvalue weighted by atomic mass is 19.1. The number of halogens is 1. The first-order valence-corrected chi connectivity index (χ1v) is 13.5. The van der Waals surface area contributed by atoms with Gasteiger partial charge in [-0.15, -0.1) is 0 Å². The minimum atomic E-state index is -0.562. The second-order valence-electron chi connectivity index (χ2n) is 10.2. The van der Waals surface area contributed by atoms with Crippen LogP contribution in [-0.2, 0) is 6.42 Å². The zero-order chi connectivity index (χ0) is 27.4. The molecule has 2 aliphatic rings. The lowest BCUT2D eigenvalue weighted by Gasteiger charge is -2.42. The average molecular weight is 528 g/mol. The molecule has 0 saturated carbocycles. The van der Waals surface area contributed by atoms with E-state index in [9.17, 15) is 4.79 Å². The fourth-order valence-electron chi connectivity index (χ4n) is 5.31. The Morgan fingerprint density at radius 3 is 2.46 bits per heavy atom. The lowest BCUT2D eigenvalue weighted by Crippen LogP contribution is -2.54. The van der Waals surface area contributed by atoms with Crippen LogP contribution in [0.2, 0.25) is 0 Å². The first-order valence-electron chi connectivity index (χ1n) is 13.5. The zero-order valence-corrected chi connectivity index (χ0v) is 22.5. The van der Waals surface area contributed by atoms with E-state index in [4.69, 9.17) is 5.73 Å². The molecule has 5 rings (SSSR count). The normalized spacial score (nSPS) is 17.1. The molecule has 0 spiro atoms. The molecule has 2 aliphatic heterocycles. The highest BCUT2D eigenvalue weighted by Gasteiger charge is 2.29. The molecule has 4 heterocycles. The standard InChI is InChI=1S/C30H34FN7O/c1-3-27-25(7-4-21-5-9-28(32)33-19-21)29(35-20-34-27)22-6-8-24(26(31)18-22)30(39)38-16-14-37(15-17-38)23-10-12-36(2)13-11-23/h5-6,8-9,18-20,23H,3,10-17H2,1-2H3,(H2,32,33). The average Bonchev–Trinajstić information content (AvgIpc) is 2.97. The number of nitrogen functional groups attached to an aromatic ring is 1. The van der Waals surface area contributed by atoms with Crippen LogP contribution in [0.5, 0.6) is 0 Å². The van der Waals surface area contributed by atoms with Gasteiger partial charge in [0.1, 0.15) is 18.0 Å². The molecule has 0 radical (unpaired) electrons. The predicted octanol–water partition coefficient (Wildman–Crippen LogP) is 3.07. The molecule has 1 aromatic carbocycles. The van der Waals surface area contributed by atoms with Crippen molar-refractivity contribution in [2.45, 2.75) is 32.2 Å². The summed E-state index contributed by atoms with van der Waals surface area (Å²) >= 11 is 0. The van der Waals surface area contributed by atoms with E-state index in [1.54, 1.807) is 35.4 Å². The first kappa shape index (κ1) is 26.7. The molecule has 3 aromatic rings. The monoisotopic (exact) mass is 527 g/mol. The highest BCUT2D eigenvalue weighted by Crippen LogP contribution is 2.26. The van der Waals surface area contributed by atoms with E-state index in [1.807, 2.05) is 6.92 Å². The van der Waals surface area contributed by atoms with Crippen LogP contribution in [0.1, 0.15) is 46.9 Å². The van der Waals surface area contributed by atoms with Crippen LogP contribution in [0.3, 0.4) is 0 Å². The molecule has 2 aromatic heterocycles. The SMILES string of the molecule is CCc1ncnc(-c2ccc(C(=O)N3CCN(C4CCN(C)CC4)CC3)c(F)c2)c1C#Cc1ccc(N)nc1. The number of nitrogens with zero attached hydrogens (tertiary/aromatic N) is 6. The third-order valence-electron chi connectivity index (χ3n) is 7.66. The van der Waals surface area contributed by atoms with Gasteiger partial charge in [0.2, 0.25) is 0 Å². The number of benzene rings is 1. The van der Waals surface area contributed by atoms with Crippen molar-refractivity contribution in [3.63, 3.8) is 0 Å². The Morgan fingerprint density at radius 1 is 1.03 bits per heavy atom. The van der Waals surface area contributed by atoms with Gasteiger partial charge in [-0.25, -0.2) is 19.3 Å². The summed E-state index contributed by atoms with van der Waals surface area (Å²) in [7, 11) is 2.16. The fraction of sp³-hybridized carbons (Fsp3) is 0.400. The van der Waals surface area contributed by atoms with Crippen molar-refractivity contribution in [3.05, 3.63) is 71.1 Å². The molecule has 2 saturated heterocycles. The number of aromatic nitrogens is 3. The lowest BCUT2D eigenvalue weighted by molar-refractivity contribution is 0.0472. The number of carbonyl (C=O) groups excluding carboxylic acids is 1. The second-order valence-corrected chi connectivity index (χ2v) is 10.2. The molecular formula is C30H34FN7O. The molecule has 9 heteroatoms. The van der Waals surface area contributed by atoms with Crippen molar-refractivity contribution in [2.75, 3.05) is 52.0 Å². The Hall–Kier alpha value is -3.87. The number of anilines is 1. The van der Waals surface area contributed by atoms with Crippen molar-refractivity contribution in [2.24, 2.45) is 0 Å². The number of pyridine rings is 1. The molecule has 0 aliphatic carbocycles. The molecular weight excluding hydrogens is 493 g/mol. The molecule has 2 N–H and O–H groups in total. The number of amides is 1. The number of nitrogens with two attached hydrogens (primary N) is 1. The topological polar surface area (TPSA) is 91.5 Å². The van der Waals surface area contributed by atoms with Gasteiger partial charge < -0.3 is 15.5 Å². The van der Waals surface area contributed by atoms with Gasteiger partial charge >= 0.3 is 0 Å². The van der Waals surface area contributed by atoms with E-state index >= 15 is 4.39 Å². The van der Waals surface area contributed by atoms with E-state index in [-0.39, 0.29) is 11.5 Å². The molecule has 0 atom stereocenters. The van der Waals surface area contributed by atoms with Crippen molar-refractivity contribution in [1.82, 2.24) is 29.7 Å². The summed E-state index contributed by atoms with van der Waals surface area (Å²) < 4.78 is 15.4. The zero-order valence-electron chi connectivity index (χ0n) is 22.5. The van der Waals surface area contributed by atoms with Gasteiger partial charge in [0.25, 0.3) is 5.91 Å². The van der Waals surface area contributed by atoms with Crippen molar-refractivity contribution < 1.29 is 9.18 Å². The summed E-state index contributed by atoms with van der Waals surface area (Å²) in [6, 6.07) is 8.72. The van der Waals surface area contributed by atoms with Gasteiger partial charge in [0.05, 0.1) is 22.5 Å². The maximum Gasteiger partial charge on any atom is 0.256 e. The number of aryl methyl sites for hydroxylation is 1. The van der Waals surface area contributed by atoms with Gasteiger partial charge in [-0.1, -0.05) is 24.8 Å². The smallest absolute Gasteiger partial charge is 0.256 e. The molecule has 0 bridgehead atoms. The minimum absolute atomic E-state index is 0.0804. The lowest BCUT2D eigenvalue weighted by atomic mass is 10.0. The van der Waals surface area contributed by atoms with E-state index < -0.39 is 5.82 Å². The number of rotatable bonds is 4. The number of piperazine rings is 1. The Balaban J connectivity index is 1.33. The summed E-state index contributed by atoms with van der Waals surface area (Å²) in [4.78, 5) is 32.7. The molecule has 202 valence electrons. The molecule has 0 unspecified atom stereocenters. The summed E-state index contributed by atoms with van der Waals surface area (Å²) in [6.45, 7) is 7.07. The van der Waals surface area contributed by atoms with Gasteiger partial charge in [-0.3, -0.25) is 9.69 Å². The van der Waals surface area contributed by atoms with Gasteiger partial charge in [-0.05, 0) is 63.7 Å². The molecule has 39 heavy (non-hydrogen) atoms. The van der Waals surface area contributed by atoms with Crippen LogP contribution in [-0.4, -0.2) is 87.9 Å². The number of carbonyl (C=O) groups is 1. The summed E-state index contributed by atoms with van der Waals surface area (Å²) in [5.74, 6) is 5.82. The predicted molar refractivity (Wildman–Crippen MR) is 149 cm³/mol. The van der Waals surface area contributed by atoms with E-state index in [1.165, 1.54) is 12.4 Å². The van der Waals surface area contributed by atoms with E-state index in [0.717, 1.165) is 44.7 Å². The van der Waals surface area contributed by atoms with Gasteiger partial charge in [0.15, 0.2) is 0 Å². The summed E-state index contributed by atoms with van der Waals surface area (Å²) in [5, 5.41) is 0. The fourth-order valence-corrected chi connectivity index (χ4v) is 5.31. The third kappa shape index (κ3) is 6.08. The number of hydrogen-bond donors (Lipinski definition) is 1. The van der Waals surface area contributed by atoms with E-state index in [2.05, 4.69) is 43.6 Å². The van der Waals surface area contributed by atoms with Crippen molar-refractivity contribution >= 4 is 11.7 Å². The van der Waals surface area contributed by atoms with Crippen LogP contribution in [0.4, 0.5) is 10.2 Å². The van der Waals surface area contributed by atoms with E-state index in [0.29, 0.717) is 53.8 Å². The largest absolute Gasteiger partial charge is 0.384 e. The quantitative estimate of drug-likeness (QED) is 0.522. The van der Waals surface area contributed by atoms with Crippen LogP contribution in [0.15, 0.2) is 42.9 Å². The maximum atomic E-state index is 15.4. The van der Waals surface area contributed by atoms with Gasteiger partial charge in [0, 0.05) is 49.5 Å². The van der Waals surface area contributed by atoms with Crippen LogP contribution >= 0.6 is 0 Å². The van der Waals surface area contributed by atoms with Crippen LogP contribution in [0, 0.1) is 17.7 Å². The number of likely N-dealkylation sites (tertiary alicyclic amines) is 1. The number of piperidine rings is 1. The molecule has 1 amide bonds. The van der Waals surface area contributed by atoms with Crippen molar-refractivity contribution in [3.8, 4) is 23.1 Å².